The minimum atomic E-state index is -0.567. The molecular weight excluding hydrogens is 411 g/mol. The zero-order valence-electron chi connectivity index (χ0n) is 14.7. The number of rotatable bonds is 2. The third-order valence-corrected chi connectivity index (χ3v) is 9.01. The summed E-state index contributed by atoms with van der Waals surface area (Å²) in [5.74, 6) is 0.216. The third-order valence-electron chi connectivity index (χ3n) is 5.18. The summed E-state index contributed by atoms with van der Waals surface area (Å²) in [7, 11) is 0. The first kappa shape index (κ1) is 16.8. The molecule has 2 fully saturated rings. The van der Waals surface area contributed by atoms with Gasteiger partial charge in [-0.05, 0) is 0 Å². The van der Waals surface area contributed by atoms with E-state index in [-0.39, 0.29) is 29.5 Å². The molecule has 0 aromatic carbocycles. The van der Waals surface area contributed by atoms with Crippen LogP contribution < -0.4 is 5.32 Å². The van der Waals surface area contributed by atoms with Crippen molar-refractivity contribution in [1.82, 2.24) is 10.3 Å². The van der Waals surface area contributed by atoms with Crippen molar-refractivity contribution in [3.8, 4) is 0 Å². The fourth-order valence-corrected chi connectivity index (χ4v) is 7.64. The Labute approximate surface area is 153 Å². The van der Waals surface area contributed by atoms with Crippen LogP contribution in [0.1, 0.15) is 40.0 Å². The topological polar surface area (TPSA) is 66.3 Å². The molecule has 6 nitrogen and oxygen atoms in total. The first-order valence-corrected chi connectivity index (χ1v) is 12.7. The summed E-state index contributed by atoms with van der Waals surface area (Å²) in [4.78, 5) is 17.3. The molecule has 4 rings (SSSR count). The van der Waals surface area contributed by atoms with Gasteiger partial charge in [0.2, 0.25) is 0 Å². The predicted octanol–water partition coefficient (Wildman–Crippen LogP) is 1.04. The normalized spacial score (nSPS) is 38.0. The Morgan fingerprint density at radius 3 is 2.96 bits per heavy atom. The molecule has 0 spiro atoms. The van der Waals surface area contributed by atoms with Crippen LogP contribution in [0.5, 0.6) is 0 Å². The fourth-order valence-electron chi connectivity index (χ4n) is 4.27. The molecule has 130 valence electrons. The molecule has 5 unspecified atom stereocenters. The number of hydrazone groups is 1. The van der Waals surface area contributed by atoms with Gasteiger partial charge in [-0.25, -0.2) is 0 Å². The van der Waals surface area contributed by atoms with Crippen molar-refractivity contribution >= 4 is 39.0 Å². The van der Waals surface area contributed by atoms with Crippen LogP contribution in [0.3, 0.4) is 0 Å². The number of fused-ring (bicyclic) bond motifs is 4. The SMILES string of the molecule is CC(C)(C)NC(=O)C1=NN([CH]2C=NC[CH2][Sn]2)C2C3CCC(CC12)O3. The molecule has 7 heteroatoms. The Morgan fingerprint density at radius 2 is 2.25 bits per heavy atom. The summed E-state index contributed by atoms with van der Waals surface area (Å²) in [5.41, 5.74) is 0.490. The quantitative estimate of drug-likeness (QED) is 0.657. The molecule has 2 radical (unpaired) electrons. The van der Waals surface area contributed by atoms with Gasteiger partial charge in [-0.2, -0.15) is 0 Å². The molecule has 0 aromatic heterocycles. The van der Waals surface area contributed by atoms with E-state index in [0.717, 1.165) is 31.5 Å². The van der Waals surface area contributed by atoms with Crippen LogP contribution >= 0.6 is 0 Å². The number of nitrogens with zero attached hydrogens (tertiary/aromatic N) is 3. The van der Waals surface area contributed by atoms with Gasteiger partial charge in [0.1, 0.15) is 0 Å². The van der Waals surface area contributed by atoms with Crippen molar-refractivity contribution in [2.24, 2.45) is 16.0 Å². The summed E-state index contributed by atoms with van der Waals surface area (Å²) in [6.45, 7) is 7.04. The molecule has 0 aliphatic carbocycles. The summed E-state index contributed by atoms with van der Waals surface area (Å²) in [6.07, 6.45) is 5.79. The second-order valence-corrected chi connectivity index (χ2v) is 12.5. The second-order valence-electron chi connectivity index (χ2n) is 8.23. The predicted molar refractivity (Wildman–Crippen MR) is 94.7 cm³/mol. The van der Waals surface area contributed by atoms with Gasteiger partial charge in [0.15, 0.2) is 0 Å². The van der Waals surface area contributed by atoms with Crippen molar-refractivity contribution < 1.29 is 9.53 Å². The van der Waals surface area contributed by atoms with Crippen LogP contribution in [0.4, 0.5) is 0 Å². The van der Waals surface area contributed by atoms with E-state index in [9.17, 15) is 4.79 Å². The first-order chi connectivity index (χ1) is 11.4. The fraction of sp³-hybridized carbons (Fsp3) is 0.824. The van der Waals surface area contributed by atoms with Gasteiger partial charge in [-0.15, -0.1) is 0 Å². The zero-order valence-corrected chi connectivity index (χ0v) is 17.5. The molecule has 4 aliphatic heterocycles. The molecule has 2 bridgehead atoms. The molecule has 2 saturated heterocycles. The number of amides is 1. The van der Waals surface area contributed by atoms with E-state index in [2.05, 4.69) is 21.5 Å². The number of hydrogen-bond acceptors (Lipinski definition) is 5. The maximum absolute atomic E-state index is 12.8. The van der Waals surface area contributed by atoms with Crippen LogP contribution in [-0.2, 0) is 9.53 Å². The van der Waals surface area contributed by atoms with Gasteiger partial charge in [0.05, 0.1) is 0 Å². The Hall–Kier alpha value is -0.631. The van der Waals surface area contributed by atoms with Gasteiger partial charge in [-0.3, -0.25) is 0 Å². The number of hydrogen-bond donors (Lipinski definition) is 1. The van der Waals surface area contributed by atoms with Crippen LogP contribution in [0.25, 0.3) is 0 Å². The van der Waals surface area contributed by atoms with Crippen molar-refractivity contribution in [3.63, 3.8) is 0 Å². The summed E-state index contributed by atoms with van der Waals surface area (Å²) >= 11 is -0.567. The van der Waals surface area contributed by atoms with E-state index in [4.69, 9.17) is 9.84 Å². The Kier molecular flexibility index (Phi) is 4.39. The number of carbonyl (C=O) groups is 1. The van der Waals surface area contributed by atoms with Crippen molar-refractivity contribution in [2.45, 2.75) is 72.3 Å². The second kappa shape index (κ2) is 6.27. The Balaban J connectivity index is 1.63. The molecule has 5 atom stereocenters. The first-order valence-electron chi connectivity index (χ1n) is 9.00. The maximum atomic E-state index is 12.8. The average molecular weight is 437 g/mol. The number of ether oxygens (including phenoxy) is 1. The third kappa shape index (κ3) is 3.11. The minimum absolute atomic E-state index is 0.000511. The molecule has 24 heavy (non-hydrogen) atoms. The monoisotopic (exact) mass is 438 g/mol. The van der Waals surface area contributed by atoms with Gasteiger partial charge >= 0.3 is 154 Å². The van der Waals surface area contributed by atoms with E-state index in [1.165, 1.54) is 4.44 Å². The molecule has 1 N–H and O–H groups in total. The van der Waals surface area contributed by atoms with Crippen molar-refractivity contribution in [2.75, 3.05) is 6.54 Å². The molecule has 4 aliphatic rings. The van der Waals surface area contributed by atoms with Gasteiger partial charge in [0.25, 0.3) is 0 Å². The van der Waals surface area contributed by atoms with Gasteiger partial charge in [0, 0.05) is 0 Å². The standard InChI is InChI=1S/C17H26N4O2.Sn/c1-5-18-8-9-21-15-12(10-11-6-7-13(15)23-11)14(20-21)16(22)19-17(2,3)4;/h8-9,11-13,15H,1,5-7,10H2,2-4H3,(H,19,22);. The number of carbonyl (C=O) groups excluding carboxylic acids is 1. The number of aliphatic imine (C=N–C) groups is 1. The van der Waals surface area contributed by atoms with Gasteiger partial charge < -0.3 is 0 Å². The summed E-state index contributed by atoms with van der Waals surface area (Å²) < 4.78 is 7.82. The van der Waals surface area contributed by atoms with E-state index in [1.54, 1.807) is 0 Å². The van der Waals surface area contributed by atoms with Crippen molar-refractivity contribution in [1.29, 1.82) is 0 Å². The van der Waals surface area contributed by atoms with Crippen LogP contribution in [0.15, 0.2) is 10.1 Å². The zero-order chi connectivity index (χ0) is 16.9. The van der Waals surface area contributed by atoms with E-state index >= 15 is 0 Å². The Morgan fingerprint density at radius 1 is 1.42 bits per heavy atom. The van der Waals surface area contributed by atoms with Crippen LogP contribution in [0.2, 0.25) is 4.44 Å². The number of nitrogens with one attached hydrogen (secondary N) is 1. The van der Waals surface area contributed by atoms with Gasteiger partial charge in [-0.1, -0.05) is 0 Å². The van der Waals surface area contributed by atoms with E-state index in [0.29, 0.717) is 10.2 Å². The Bertz CT molecular complexity index is 586. The molecule has 0 aromatic rings. The van der Waals surface area contributed by atoms with Crippen molar-refractivity contribution in [3.05, 3.63) is 0 Å². The molecule has 4 heterocycles. The molecular formula is C17H26N4O2Sn. The molecule has 0 saturated carbocycles. The van der Waals surface area contributed by atoms with Crippen LogP contribution in [-0.4, -0.2) is 78.4 Å². The van der Waals surface area contributed by atoms with E-state index in [1.807, 2.05) is 20.8 Å². The summed E-state index contributed by atoms with van der Waals surface area (Å²) in [6, 6.07) is 0.236. The average Bonchev–Trinajstić information content (AvgIpc) is 3.09. The summed E-state index contributed by atoms with van der Waals surface area (Å²) in [5, 5.41) is 10.2. The van der Waals surface area contributed by atoms with Crippen LogP contribution in [0, 0.1) is 5.92 Å². The molecule has 1 amide bonds. The van der Waals surface area contributed by atoms with E-state index < -0.39 is 21.1 Å².